The Morgan fingerprint density at radius 3 is 2.71 bits per heavy atom. The van der Waals surface area contributed by atoms with Gasteiger partial charge in [-0.15, -0.1) is 0 Å². The van der Waals surface area contributed by atoms with Crippen LogP contribution in [0.1, 0.15) is 21.5 Å². The van der Waals surface area contributed by atoms with Gasteiger partial charge in [0.25, 0.3) is 5.91 Å². The predicted molar refractivity (Wildman–Crippen MR) is 75.7 cm³/mol. The maximum absolute atomic E-state index is 13.7. The van der Waals surface area contributed by atoms with Crippen molar-refractivity contribution in [3.05, 3.63) is 64.7 Å². The fourth-order valence-corrected chi connectivity index (χ4v) is 2.65. The van der Waals surface area contributed by atoms with Crippen molar-refractivity contribution < 1.29 is 13.6 Å². The van der Waals surface area contributed by atoms with Crippen molar-refractivity contribution in [3.8, 4) is 0 Å². The largest absolute Gasteiger partial charge is 0.398 e. The number of halogens is 2. The lowest BCUT2D eigenvalue weighted by molar-refractivity contribution is 0.0729. The quantitative estimate of drug-likeness (QED) is 0.820. The normalized spacial score (nSPS) is 13.9. The SMILES string of the molecule is Nc1cccc2c1CCN(C(=O)c1cccc(F)c1F)C2. The van der Waals surface area contributed by atoms with Crippen molar-refractivity contribution in [2.75, 3.05) is 12.3 Å². The highest BCUT2D eigenvalue weighted by molar-refractivity contribution is 5.94. The molecule has 0 aliphatic carbocycles. The first-order valence-corrected chi connectivity index (χ1v) is 6.67. The van der Waals surface area contributed by atoms with Crippen molar-refractivity contribution in [2.45, 2.75) is 13.0 Å². The highest BCUT2D eigenvalue weighted by atomic mass is 19.2. The Balaban J connectivity index is 1.89. The summed E-state index contributed by atoms with van der Waals surface area (Å²) in [5.74, 6) is -2.61. The molecule has 108 valence electrons. The molecule has 1 aliphatic rings. The minimum absolute atomic E-state index is 0.234. The molecule has 1 aliphatic heterocycles. The van der Waals surface area contributed by atoms with Crippen LogP contribution in [0.25, 0.3) is 0 Å². The summed E-state index contributed by atoms with van der Waals surface area (Å²) < 4.78 is 27.0. The van der Waals surface area contributed by atoms with Gasteiger partial charge in [0.05, 0.1) is 5.56 Å². The summed E-state index contributed by atoms with van der Waals surface area (Å²) >= 11 is 0. The third kappa shape index (κ3) is 2.35. The molecule has 0 aromatic heterocycles. The second-order valence-electron chi connectivity index (χ2n) is 5.06. The molecule has 0 saturated carbocycles. The number of rotatable bonds is 1. The molecular formula is C16H14F2N2O. The molecule has 2 aromatic carbocycles. The standard InChI is InChI=1S/C16H14F2N2O/c17-13-5-2-4-12(15(13)18)16(21)20-8-7-11-10(9-20)3-1-6-14(11)19/h1-6H,7-9,19H2. The van der Waals surface area contributed by atoms with Crippen LogP contribution in [-0.4, -0.2) is 17.4 Å². The Bertz CT molecular complexity index is 715. The van der Waals surface area contributed by atoms with E-state index in [0.717, 1.165) is 17.2 Å². The zero-order chi connectivity index (χ0) is 15.0. The van der Waals surface area contributed by atoms with Crippen LogP contribution in [0.2, 0.25) is 0 Å². The van der Waals surface area contributed by atoms with E-state index in [0.29, 0.717) is 25.2 Å². The Hall–Kier alpha value is -2.43. The zero-order valence-electron chi connectivity index (χ0n) is 11.3. The van der Waals surface area contributed by atoms with Crippen molar-refractivity contribution in [2.24, 2.45) is 0 Å². The fourth-order valence-electron chi connectivity index (χ4n) is 2.65. The molecule has 1 heterocycles. The van der Waals surface area contributed by atoms with Gasteiger partial charge in [-0.1, -0.05) is 18.2 Å². The monoisotopic (exact) mass is 288 g/mol. The molecule has 0 unspecified atom stereocenters. The number of fused-ring (bicyclic) bond motifs is 1. The molecule has 0 bridgehead atoms. The molecule has 21 heavy (non-hydrogen) atoms. The summed E-state index contributed by atoms with van der Waals surface area (Å²) in [6.45, 7) is 0.797. The Kier molecular flexibility index (Phi) is 3.33. The molecule has 0 spiro atoms. The van der Waals surface area contributed by atoms with Crippen LogP contribution in [0.15, 0.2) is 36.4 Å². The second kappa shape index (κ2) is 5.16. The summed E-state index contributed by atoms with van der Waals surface area (Å²) in [5.41, 5.74) is 8.36. The number of hydrogen-bond acceptors (Lipinski definition) is 2. The first-order valence-electron chi connectivity index (χ1n) is 6.67. The minimum Gasteiger partial charge on any atom is -0.398 e. The van der Waals surface area contributed by atoms with E-state index in [4.69, 9.17) is 5.73 Å². The van der Waals surface area contributed by atoms with Crippen LogP contribution in [0.5, 0.6) is 0 Å². The lowest BCUT2D eigenvalue weighted by Gasteiger charge is -2.29. The lowest BCUT2D eigenvalue weighted by Crippen LogP contribution is -2.36. The third-order valence-corrected chi connectivity index (χ3v) is 3.77. The van der Waals surface area contributed by atoms with Gasteiger partial charge < -0.3 is 10.6 Å². The summed E-state index contributed by atoms with van der Waals surface area (Å²) in [5, 5.41) is 0. The van der Waals surface area contributed by atoms with E-state index in [2.05, 4.69) is 0 Å². The molecule has 0 saturated heterocycles. The van der Waals surface area contributed by atoms with Crippen LogP contribution in [-0.2, 0) is 13.0 Å². The van der Waals surface area contributed by atoms with E-state index in [1.54, 1.807) is 0 Å². The number of amides is 1. The van der Waals surface area contributed by atoms with Crippen molar-refractivity contribution in [1.82, 2.24) is 4.90 Å². The minimum atomic E-state index is -1.10. The second-order valence-corrected chi connectivity index (χ2v) is 5.06. The number of carbonyl (C=O) groups is 1. The topological polar surface area (TPSA) is 46.3 Å². The van der Waals surface area contributed by atoms with Crippen LogP contribution in [0, 0.1) is 11.6 Å². The molecular weight excluding hydrogens is 274 g/mol. The van der Waals surface area contributed by atoms with Crippen molar-refractivity contribution in [3.63, 3.8) is 0 Å². The Labute approximate surface area is 121 Å². The lowest BCUT2D eigenvalue weighted by atomic mass is 9.97. The van der Waals surface area contributed by atoms with Crippen LogP contribution in [0.3, 0.4) is 0 Å². The predicted octanol–water partition coefficient (Wildman–Crippen LogP) is 2.75. The van der Waals surface area contributed by atoms with Gasteiger partial charge in [-0.05, 0) is 35.7 Å². The van der Waals surface area contributed by atoms with Gasteiger partial charge in [0, 0.05) is 18.8 Å². The van der Waals surface area contributed by atoms with Gasteiger partial charge in [0.2, 0.25) is 0 Å². The van der Waals surface area contributed by atoms with E-state index in [1.807, 2.05) is 18.2 Å². The summed E-state index contributed by atoms with van der Waals surface area (Å²) in [6, 6.07) is 9.18. The molecule has 3 nitrogen and oxygen atoms in total. The average Bonchev–Trinajstić information content (AvgIpc) is 2.49. The van der Waals surface area contributed by atoms with Gasteiger partial charge in [0.1, 0.15) is 0 Å². The molecule has 0 atom stereocenters. The maximum Gasteiger partial charge on any atom is 0.257 e. The molecule has 2 aromatic rings. The van der Waals surface area contributed by atoms with Gasteiger partial charge in [-0.3, -0.25) is 4.79 Å². The number of benzene rings is 2. The summed E-state index contributed by atoms with van der Waals surface area (Å²) in [6.07, 6.45) is 0.616. The average molecular weight is 288 g/mol. The first-order chi connectivity index (χ1) is 10.1. The van der Waals surface area contributed by atoms with E-state index in [9.17, 15) is 13.6 Å². The third-order valence-electron chi connectivity index (χ3n) is 3.77. The molecule has 3 rings (SSSR count). The molecule has 0 fully saturated rings. The number of nitrogen functional groups attached to an aromatic ring is 1. The first kappa shape index (κ1) is 13.5. The fraction of sp³-hybridized carbons (Fsp3) is 0.188. The highest BCUT2D eigenvalue weighted by Crippen LogP contribution is 2.25. The molecule has 1 amide bonds. The summed E-state index contributed by atoms with van der Waals surface area (Å²) in [7, 11) is 0. The van der Waals surface area contributed by atoms with Crippen LogP contribution >= 0.6 is 0 Å². The summed E-state index contributed by atoms with van der Waals surface area (Å²) in [4.78, 5) is 13.9. The van der Waals surface area contributed by atoms with E-state index >= 15 is 0 Å². The smallest absolute Gasteiger partial charge is 0.257 e. The van der Waals surface area contributed by atoms with Gasteiger partial charge in [-0.2, -0.15) is 0 Å². The zero-order valence-corrected chi connectivity index (χ0v) is 11.3. The van der Waals surface area contributed by atoms with Crippen molar-refractivity contribution in [1.29, 1.82) is 0 Å². The highest BCUT2D eigenvalue weighted by Gasteiger charge is 2.25. The van der Waals surface area contributed by atoms with E-state index < -0.39 is 17.5 Å². The maximum atomic E-state index is 13.7. The molecule has 5 heteroatoms. The van der Waals surface area contributed by atoms with Gasteiger partial charge in [0.15, 0.2) is 11.6 Å². The van der Waals surface area contributed by atoms with E-state index in [-0.39, 0.29) is 5.56 Å². The molecule has 0 radical (unpaired) electrons. The Morgan fingerprint density at radius 1 is 1.14 bits per heavy atom. The number of nitrogens with zero attached hydrogens (tertiary/aromatic N) is 1. The van der Waals surface area contributed by atoms with Gasteiger partial charge in [-0.25, -0.2) is 8.78 Å². The number of hydrogen-bond donors (Lipinski definition) is 1. The number of carbonyl (C=O) groups excluding carboxylic acids is 1. The van der Waals surface area contributed by atoms with Gasteiger partial charge >= 0.3 is 0 Å². The number of nitrogens with two attached hydrogens (primary N) is 1. The van der Waals surface area contributed by atoms with Crippen LogP contribution in [0.4, 0.5) is 14.5 Å². The number of anilines is 1. The molecule has 2 N–H and O–H groups in total. The van der Waals surface area contributed by atoms with Crippen LogP contribution < -0.4 is 5.73 Å². The van der Waals surface area contributed by atoms with E-state index in [1.165, 1.54) is 17.0 Å². The Morgan fingerprint density at radius 2 is 1.90 bits per heavy atom. The van der Waals surface area contributed by atoms with Crippen molar-refractivity contribution >= 4 is 11.6 Å².